The first-order valence-corrected chi connectivity index (χ1v) is 6.87. The highest BCUT2D eigenvalue weighted by Crippen LogP contribution is 2.39. The van der Waals surface area contributed by atoms with E-state index in [4.69, 9.17) is 4.74 Å². The molecule has 0 unspecified atom stereocenters. The van der Waals surface area contributed by atoms with Crippen LogP contribution in [-0.4, -0.2) is 5.60 Å². The summed E-state index contributed by atoms with van der Waals surface area (Å²) in [6.45, 7) is 13.2. The van der Waals surface area contributed by atoms with Crippen molar-refractivity contribution in [3.8, 4) is 5.75 Å². The normalized spacial score (nSPS) is 16.9. The number of fused-ring (bicyclic) bond motifs is 1. The van der Waals surface area contributed by atoms with Crippen molar-refractivity contribution in [3.05, 3.63) is 34.9 Å². The van der Waals surface area contributed by atoms with E-state index in [1.807, 2.05) is 0 Å². The SMILES string of the molecule is CC(C)c1ccc2c(c1C(C)C)C=CC(C)(C)O2. The van der Waals surface area contributed by atoms with Crippen LogP contribution in [0, 0.1) is 0 Å². The van der Waals surface area contributed by atoms with Crippen LogP contribution in [0.4, 0.5) is 0 Å². The summed E-state index contributed by atoms with van der Waals surface area (Å²) in [6.07, 6.45) is 4.39. The standard InChI is InChI=1S/C17H24O/c1-11(2)13-7-8-15-14(16(13)12(3)4)9-10-17(5,6)18-15/h7-12H,1-6H3. The molecule has 1 aliphatic rings. The van der Waals surface area contributed by atoms with E-state index < -0.39 is 0 Å². The van der Waals surface area contributed by atoms with E-state index in [-0.39, 0.29) is 5.60 Å². The number of rotatable bonds is 2. The molecule has 0 saturated heterocycles. The molecular formula is C17H24O. The molecule has 1 heteroatoms. The molecule has 0 atom stereocenters. The maximum absolute atomic E-state index is 6.06. The van der Waals surface area contributed by atoms with E-state index in [2.05, 4.69) is 65.8 Å². The van der Waals surface area contributed by atoms with Gasteiger partial charge in [-0.1, -0.05) is 39.8 Å². The fourth-order valence-corrected chi connectivity index (χ4v) is 2.64. The fourth-order valence-electron chi connectivity index (χ4n) is 2.64. The van der Waals surface area contributed by atoms with Crippen LogP contribution in [0.2, 0.25) is 0 Å². The van der Waals surface area contributed by atoms with Crippen molar-refractivity contribution in [1.29, 1.82) is 0 Å². The van der Waals surface area contributed by atoms with Crippen LogP contribution in [0.3, 0.4) is 0 Å². The Kier molecular flexibility index (Phi) is 3.27. The Bertz CT molecular complexity index is 479. The van der Waals surface area contributed by atoms with Crippen molar-refractivity contribution in [2.45, 2.75) is 59.0 Å². The molecule has 0 N–H and O–H groups in total. The monoisotopic (exact) mass is 244 g/mol. The van der Waals surface area contributed by atoms with E-state index in [0.717, 1.165) is 5.75 Å². The summed E-state index contributed by atoms with van der Waals surface area (Å²) in [7, 11) is 0. The zero-order chi connectivity index (χ0) is 13.5. The van der Waals surface area contributed by atoms with Gasteiger partial charge in [-0.25, -0.2) is 0 Å². The summed E-state index contributed by atoms with van der Waals surface area (Å²) in [5.41, 5.74) is 3.96. The van der Waals surface area contributed by atoms with Gasteiger partial charge in [0.15, 0.2) is 0 Å². The molecule has 18 heavy (non-hydrogen) atoms. The Balaban J connectivity index is 2.61. The molecule has 0 saturated carbocycles. The second-order valence-electron chi connectivity index (χ2n) is 6.33. The molecule has 0 radical (unpaired) electrons. The molecular weight excluding hydrogens is 220 g/mol. The number of ether oxygens (including phenoxy) is 1. The smallest absolute Gasteiger partial charge is 0.128 e. The van der Waals surface area contributed by atoms with Crippen LogP contribution in [0.15, 0.2) is 18.2 Å². The van der Waals surface area contributed by atoms with Gasteiger partial charge in [-0.15, -0.1) is 0 Å². The van der Waals surface area contributed by atoms with Crippen LogP contribution in [0.25, 0.3) is 6.08 Å². The van der Waals surface area contributed by atoms with Crippen molar-refractivity contribution in [3.63, 3.8) is 0 Å². The Morgan fingerprint density at radius 1 is 1.00 bits per heavy atom. The Morgan fingerprint density at radius 2 is 1.67 bits per heavy atom. The first-order chi connectivity index (χ1) is 8.32. The molecule has 1 aromatic rings. The molecule has 0 aromatic heterocycles. The Morgan fingerprint density at radius 3 is 2.22 bits per heavy atom. The number of hydrogen-bond acceptors (Lipinski definition) is 1. The van der Waals surface area contributed by atoms with Gasteiger partial charge in [0.2, 0.25) is 0 Å². The quantitative estimate of drug-likeness (QED) is 0.701. The minimum absolute atomic E-state index is 0.194. The zero-order valence-corrected chi connectivity index (χ0v) is 12.4. The van der Waals surface area contributed by atoms with E-state index >= 15 is 0 Å². The van der Waals surface area contributed by atoms with Crippen LogP contribution in [0.5, 0.6) is 5.75 Å². The van der Waals surface area contributed by atoms with Gasteiger partial charge in [0.05, 0.1) is 0 Å². The summed E-state index contributed by atoms with van der Waals surface area (Å²) in [6, 6.07) is 4.36. The molecule has 1 aliphatic heterocycles. The molecule has 0 bridgehead atoms. The lowest BCUT2D eigenvalue weighted by molar-refractivity contribution is 0.158. The fraction of sp³-hybridized carbons (Fsp3) is 0.529. The van der Waals surface area contributed by atoms with Gasteiger partial charge in [0.25, 0.3) is 0 Å². The summed E-state index contributed by atoms with van der Waals surface area (Å²) in [4.78, 5) is 0. The van der Waals surface area contributed by atoms with E-state index in [1.54, 1.807) is 0 Å². The minimum Gasteiger partial charge on any atom is -0.483 e. The maximum Gasteiger partial charge on any atom is 0.128 e. The predicted octanol–water partition coefficient (Wildman–Crippen LogP) is 5.12. The molecule has 98 valence electrons. The van der Waals surface area contributed by atoms with Crippen LogP contribution in [-0.2, 0) is 0 Å². The average molecular weight is 244 g/mol. The summed E-state index contributed by atoms with van der Waals surface area (Å²) in [5, 5.41) is 0. The highest BCUT2D eigenvalue weighted by atomic mass is 16.5. The van der Waals surface area contributed by atoms with Gasteiger partial charge in [-0.3, -0.25) is 0 Å². The molecule has 1 aromatic carbocycles. The van der Waals surface area contributed by atoms with Crippen LogP contribution >= 0.6 is 0 Å². The largest absolute Gasteiger partial charge is 0.483 e. The number of benzene rings is 1. The van der Waals surface area contributed by atoms with Gasteiger partial charge in [0.1, 0.15) is 11.4 Å². The minimum atomic E-state index is -0.194. The number of hydrogen-bond donors (Lipinski definition) is 0. The molecule has 0 amide bonds. The summed E-state index contributed by atoms with van der Waals surface area (Å²) < 4.78 is 6.06. The molecule has 1 nitrogen and oxygen atoms in total. The predicted molar refractivity (Wildman–Crippen MR) is 78.4 cm³/mol. The summed E-state index contributed by atoms with van der Waals surface area (Å²) >= 11 is 0. The van der Waals surface area contributed by atoms with Crippen LogP contribution < -0.4 is 4.74 Å². The van der Waals surface area contributed by atoms with Crippen molar-refractivity contribution in [2.75, 3.05) is 0 Å². The van der Waals surface area contributed by atoms with Gasteiger partial charge >= 0.3 is 0 Å². The lowest BCUT2D eigenvalue weighted by Crippen LogP contribution is -2.28. The lowest BCUT2D eigenvalue weighted by Gasteiger charge is -2.31. The molecule has 2 rings (SSSR count). The van der Waals surface area contributed by atoms with Crippen molar-refractivity contribution >= 4 is 6.08 Å². The third kappa shape index (κ3) is 2.31. The van der Waals surface area contributed by atoms with E-state index in [1.165, 1.54) is 16.7 Å². The topological polar surface area (TPSA) is 9.23 Å². The zero-order valence-electron chi connectivity index (χ0n) is 12.4. The van der Waals surface area contributed by atoms with E-state index in [9.17, 15) is 0 Å². The van der Waals surface area contributed by atoms with Crippen molar-refractivity contribution in [1.82, 2.24) is 0 Å². The molecule has 1 heterocycles. The Labute approximate surface area is 111 Å². The highest BCUT2D eigenvalue weighted by molar-refractivity contribution is 5.67. The second kappa shape index (κ2) is 4.46. The summed E-state index contributed by atoms with van der Waals surface area (Å²) in [5.74, 6) is 2.10. The maximum atomic E-state index is 6.06. The molecule has 0 spiro atoms. The first kappa shape index (κ1) is 13.2. The van der Waals surface area contributed by atoms with E-state index in [0.29, 0.717) is 11.8 Å². The van der Waals surface area contributed by atoms with Gasteiger partial charge in [-0.05, 0) is 49.0 Å². The lowest BCUT2D eigenvalue weighted by atomic mass is 9.85. The van der Waals surface area contributed by atoms with Gasteiger partial charge in [0, 0.05) is 5.56 Å². The third-order valence-electron chi connectivity index (χ3n) is 3.50. The third-order valence-corrected chi connectivity index (χ3v) is 3.50. The van der Waals surface area contributed by atoms with Crippen LogP contribution in [0.1, 0.15) is 70.1 Å². The second-order valence-corrected chi connectivity index (χ2v) is 6.33. The highest BCUT2D eigenvalue weighted by Gasteiger charge is 2.25. The Hall–Kier alpha value is -1.24. The average Bonchev–Trinajstić information content (AvgIpc) is 2.25. The van der Waals surface area contributed by atoms with Crippen molar-refractivity contribution < 1.29 is 4.74 Å². The van der Waals surface area contributed by atoms with Crippen molar-refractivity contribution in [2.24, 2.45) is 0 Å². The van der Waals surface area contributed by atoms with Gasteiger partial charge in [-0.2, -0.15) is 0 Å². The van der Waals surface area contributed by atoms with Gasteiger partial charge < -0.3 is 4.74 Å². The first-order valence-electron chi connectivity index (χ1n) is 6.87. The molecule has 0 fully saturated rings. The molecule has 0 aliphatic carbocycles.